The molecule has 0 aromatic carbocycles. The van der Waals surface area contributed by atoms with Gasteiger partial charge in [0.25, 0.3) is 0 Å². The van der Waals surface area contributed by atoms with E-state index in [1.165, 1.54) is 0 Å². The minimum absolute atomic E-state index is 0.000602. The smallest absolute Gasteiger partial charge is 0.217 e. The van der Waals surface area contributed by atoms with Crippen LogP contribution >= 0.6 is 11.3 Å². The molecule has 1 heterocycles. The van der Waals surface area contributed by atoms with Crippen LogP contribution in [0.25, 0.3) is 0 Å². The van der Waals surface area contributed by atoms with Gasteiger partial charge in [-0.15, -0.1) is 11.3 Å². The van der Waals surface area contributed by atoms with Crippen LogP contribution in [0.4, 0.5) is 0 Å². The molecule has 1 amide bonds. The van der Waals surface area contributed by atoms with E-state index in [1.54, 1.807) is 11.3 Å². The first-order chi connectivity index (χ1) is 6.91. The van der Waals surface area contributed by atoms with Crippen LogP contribution in [0.2, 0.25) is 0 Å². The molecule has 0 saturated carbocycles. The molecule has 0 aliphatic heterocycles. The Morgan fingerprint density at radius 2 is 2.27 bits per heavy atom. The van der Waals surface area contributed by atoms with Gasteiger partial charge in [0.1, 0.15) is 0 Å². The molecule has 0 aliphatic rings. The fourth-order valence-corrected chi connectivity index (χ4v) is 2.47. The highest BCUT2D eigenvalue weighted by Crippen LogP contribution is 2.32. The summed E-state index contributed by atoms with van der Waals surface area (Å²) in [6, 6.07) is 4.01. The molecule has 1 unspecified atom stereocenters. The topological polar surface area (TPSA) is 69.1 Å². The summed E-state index contributed by atoms with van der Waals surface area (Å²) in [5, 5.41) is 2.01. The van der Waals surface area contributed by atoms with Crippen molar-refractivity contribution in [1.82, 2.24) is 0 Å². The molecule has 4 heteroatoms. The van der Waals surface area contributed by atoms with E-state index < -0.39 is 0 Å². The largest absolute Gasteiger partial charge is 0.370 e. The Hall–Kier alpha value is -0.870. The van der Waals surface area contributed by atoms with Gasteiger partial charge in [-0.3, -0.25) is 4.79 Å². The molecule has 0 saturated heterocycles. The third-order valence-corrected chi connectivity index (χ3v) is 3.34. The highest BCUT2D eigenvalue weighted by Gasteiger charge is 2.24. The Bertz CT molecular complexity index is 319. The van der Waals surface area contributed by atoms with Crippen molar-refractivity contribution in [3.8, 4) is 0 Å². The number of hydrogen-bond donors (Lipinski definition) is 2. The van der Waals surface area contributed by atoms with Crippen molar-refractivity contribution in [2.75, 3.05) is 0 Å². The normalized spacial score (nSPS) is 13.8. The minimum atomic E-state index is -0.265. The Kier molecular flexibility index (Phi) is 3.88. The van der Waals surface area contributed by atoms with Gasteiger partial charge in [-0.1, -0.05) is 19.9 Å². The van der Waals surface area contributed by atoms with Gasteiger partial charge in [0.15, 0.2) is 0 Å². The van der Waals surface area contributed by atoms with E-state index in [0.717, 1.165) is 11.3 Å². The number of thiophene rings is 1. The van der Waals surface area contributed by atoms with Crippen LogP contribution in [0.5, 0.6) is 0 Å². The SMILES string of the molecule is CC(C)(CC(N)=O)CC(N)c1cccs1. The van der Waals surface area contributed by atoms with Gasteiger partial charge >= 0.3 is 0 Å². The van der Waals surface area contributed by atoms with Gasteiger partial charge in [-0.25, -0.2) is 0 Å². The standard InChI is InChI=1S/C11H18N2OS/c1-11(2,7-10(13)14)6-8(12)9-4-3-5-15-9/h3-5,8H,6-7,12H2,1-2H3,(H2,13,14). The highest BCUT2D eigenvalue weighted by atomic mass is 32.1. The van der Waals surface area contributed by atoms with Gasteiger partial charge in [0, 0.05) is 17.3 Å². The first-order valence-electron chi connectivity index (χ1n) is 4.98. The molecule has 0 radical (unpaired) electrons. The number of hydrogen-bond acceptors (Lipinski definition) is 3. The summed E-state index contributed by atoms with van der Waals surface area (Å²) < 4.78 is 0. The van der Waals surface area contributed by atoms with E-state index in [9.17, 15) is 4.79 Å². The second-order valence-corrected chi connectivity index (χ2v) is 5.61. The molecule has 84 valence electrons. The lowest BCUT2D eigenvalue weighted by Crippen LogP contribution is -2.26. The lowest BCUT2D eigenvalue weighted by atomic mass is 9.82. The van der Waals surface area contributed by atoms with Crippen molar-refractivity contribution in [1.29, 1.82) is 0 Å². The number of carbonyl (C=O) groups is 1. The number of nitrogens with two attached hydrogens (primary N) is 2. The predicted molar refractivity (Wildman–Crippen MR) is 63.5 cm³/mol. The third-order valence-electron chi connectivity index (χ3n) is 2.33. The first-order valence-corrected chi connectivity index (χ1v) is 5.86. The van der Waals surface area contributed by atoms with Gasteiger partial charge in [-0.2, -0.15) is 0 Å². The van der Waals surface area contributed by atoms with Crippen LogP contribution in [-0.2, 0) is 4.79 Å². The van der Waals surface area contributed by atoms with Crippen molar-refractivity contribution < 1.29 is 4.79 Å². The monoisotopic (exact) mass is 226 g/mol. The maximum atomic E-state index is 10.9. The highest BCUT2D eigenvalue weighted by molar-refractivity contribution is 7.10. The number of carbonyl (C=O) groups excluding carboxylic acids is 1. The summed E-state index contributed by atoms with van der Waals surface area (Å²) in [6.07, 6.45) is 1.16. The fraction of sp³-hybridized carbons (Fsp3) is 0.545. The zero-order chi connectivity index (χ0) is 11.5. The van der Waals surface area contributed by atoms with Crippen LogP contribution in [-0.4, -0.2) is 5.91 Å². The summed E-state index contributed by atoms with van der Waals surface area (Å²) in [6.45, 7) is 4.04. The van der Waals surface area contributed by atoms with Gasteiger partial charge in [0.2, 0.25) is 5.91 Å². The van der Waals surface area contributed by atoms with Crippen LogP contribution < -0.4 is 11.5 Å². The number of primary amides is 1. The minimum Gasteiger partial charge on any atom is -0.370 e. The van der Waals surface area contributed by atoms with Gasteiger partial charge in [0.05, 0.1) is 0 Å². The van der Waals surface area contributed by atoms with Crippen LogP contribution in [0, 0.1) is 5.41 Å². The Morgan fingerprint density at radius 1 is 1.60 bits per heavy atom. The molecular formula is C11H18N2OS. The number of amides is 1. The average molecular weight is 226 g/mol. The second kappa shape index (κ2) is 4.77. The molecule has 0 fully saturated rings. The van der Waals surface area contributed by atoms with E-state index in [0.29, 0.717) is 6.42 Å². The average Bonchev–Trinajstić information content (AvgIpc) is 2.50. The molecule has 1 atom stereocenters. The maximum absolute atomic E-state index is 10.9. The van der Waals surface area contributed by atoms with E-state index >= 15 is 0 Å². The lowest BCUT2D eigenvalue weighted by molar-refractivity contribution is -0.120. The maximum Gasteiger partial charge on any atom is 0.217 e. The molecule has 3 nitrogen and oxygen atoms in total. The molecular weight excluding hydrogens is 208 g/mol. The van der Waals surface area contributed by atoms with E-state index in [4.69, 9.17) is 11.5 Å². The van der Waals surface area contributed by atoms with Crippen LogP contribution in [0.3, 0.4) is 0 Å². The Balaban J connectivity index is 2.57. The van der Waals surface area contributed by atoms with E-state index in [2.05, 4.69) is 0 Å². The summed E-state index contributed by atoms with van der Waals surface area (Å²) in [7, 11) is 0. The molecule has 0 aliphatic carbocycles. The summed E-state index contributed by atoms with van der Waals surface area (Å²) in [4.78, 5) is 12.0. The lowest BCUT2D eigenvalue weighted by Gasteiger charge is -2.26. The molecule has 1 rings (SSSR count). The molecule has 0 spiro atoms. The first kappa shape index (κ1) is 12.2. The van der Waals surface area contributed by atoms with Gasteiger partial charge in [-0.05, 0) is 23.3 Å². The third kappa shape index (κ3) is 4.01. The van der Waals surface area contributed by atoms with Crippen molar-refractivity contribution in [2.24, 2.45) is 16.9 Å². The molecule has 0 bridgehead atoms. The quantitative estimate of drug-likeness (QED) is 0.806. The molecule has 1 aromatic rings. The predicted octanol–water partition coefficient (Wildman–Crippen LogP) is 2.04. The van der Waals surface area contributed by atoms with E-state index in [1.807, 2.05) is 31.4 Å². The van der Waals surface area contributed by atoms with Crippen molar-refractivity contribution in [3.05, 3.63) is 22.4 Å². The molecule has 1 aromatic heterocycles. The van der Waals surface area contributed by atoms with Crippen LogP contribution in [0.1, 0.15) is 37.6 Å². The molecule has 15 heavy (non-hydrogen) atoms. The second-order valence-electron chi connectivity index (χ2n) is 4.63. The summed E-state index contributed by atoms with van der Waals surface area (Å²) >= 11 is 1.65. The summed E-state index contributed by atoms with van der Waals surface area (Å²) in [5.74, 6) is -0.265. The van der Waals surface area contributed by atoms with Crippen LogP contribution in [0.15, 0.2) is 17.5 Å². The van der Waals surface area contributed by atoms with Gasteiger partial charge < -0.3 is 11.5 Å². The zero-order valence-corrected chi connectivity index (χ0v) is 10.0. The number of rotatable bonds is 5. The zero-order valence-electron chi connectivity index (χ0n) is 9.19. The van der Waals surface area contributed by atoms with Crippen molar-refractivity contribution >= 4 is 17.2 Å². The fourth-order valence-electron chi connectivity index (χ4n) is 1.74. The van der Waals surface area contributed by atoms with Crippen molar-refractivity contribution in [3.63, 3.8) is 0 Å². The Labute approximate surface area is 94.5 Å². The summed E-state index contributed by atoms with van der Waals surface area (Å²) in [5.41, 5.74) is 11.1. The Morgan fingerprint density at radius 3 is 2.73 bits per heavy atom. The van der Waals surface area contributed by atoms with Crippen molar-refractivity contribution in [2.45, 2.75) is 32.7 Å². The molecule has 4 N–H and O–H groups in total. The van der Waals surface area contributed by atoms with E-state index in [-0.39, 0.29) is 17.4 Å².